The van der Waals surface area contributed by atoms with Crippen molar-refractivity contribution < 1.29 is 22.7 Å². The number of nitrogens with zero attached hydrogens (tertiary/aromatic N) is 1. The number of sulfone groups is 1. The van der Waals surface area contributed by atoms with E-state index >= 15 is 0 Å². The summed E-state index contributed by atoms with van der Waals surface area (Å²) in [5.74, 6) is 0.951. The lowest BCUT2D eigenvalue weighted by molar-refractivity contribution is -0.111. The van der Waals surface area contributed by atoms with E-state index in [4.69, 9.17) is 9.47 Å². The fraction of sp³-hybridized carbons (Fsp3) is 0.333. The third-order valence-corrected chi connectivity index (χ3v) is 6.93. The number of carbonyl (C=O) groups is 1. The molecule has 0 bridgehead atoms. The van der Waals surface area contributed by atoms with Crippen LogP contribution in [0.4, 0.5) is 5.13 Å². The first-order valence-corrected chi connectivity index (χ1v) is 13.4. The summed E-state index contributed by atoms with van der Waals surface area (Å²) in [4.78, 5) is 16.9. The van der Waals surface area contributed by atoms with Gasteiger partial charge in [-0.2, -0.15) is 0 Å². The third kappa shape index (κ3) is 7.03. The molecule has 0 spiro atoms. The van der Waals surface area contributed by atoms with Gasteiger partial charge in [-0.05, 0) is 48.4 Å². The van der Waals surface area contributed by atoms with Crippen molar-refractivity contribution in [1.29, 1.82) is 0 Å². The fourth-order valence-electron chi connectivity index (χ4n) is 3.13. The molecule has 33 heavy (non-hydrogen) atoms. The van der Waals surface area contributed by atoms with Crippen molar-refractivity contribution in [1.82, 2.24) is 4.98 Å². The Bertz CT molecular complexity index is 1250. The highest BCUT2D eigenvalue weighted by Gasteiger charge is 2.12. The van der Waals surface area contributed by atoms with Crippen LogP contribution >= 0.6 is 11.3 Å². The van der Waals surface area contributed by atoms with Crippen molar-refractivity contribution in [3.63, 3.8) is 0 Å². The van der Waals surface area contributed by atoms with Gasteiger partial charge >= 0.3 is 0 Å². The first kappa shape index (κ1) is 24.7. The van der Waals surface area contributed by atoms with Crippen LogP contribution < -0.4 is 14.8 Å². The van der Waals surface area contributed by atoms with E-state index in [0.29, 0.717) is 33.5 Å². The van der Waals surface area contributed by atoms with Crippen LogP contribution in [0.5, 0.6) is 11.5 Å². The summed E-state index contributed by atoms with van der Waals surface area (Å²) in [5, 5.41) is 3.12. The van der Waals surface area contributed by atoms with Crippen LogP contribution in [-0.2, 0) is 14.6 Å². The molecule has 1 amide bonds. The van der Waals surface area contributed by atoms with Crippen LogP contribution in [0, 0.1) is 0 Å². The minimum absolute atomic E-state index is 0.221. The van der Waals surface area contributed by atoms with Crippen molar-refractivity contribution in [3.8, 4) is 11.5 Å². The first-order chi connectivity index (χ1) is 15.8. The topological polar surface area (TPSA) is 94.6 Å². The number of hydrogen-bond donors (Lipinski definition) is 1. The number of fused-ring (bicyclic) bond motifs is 1. The zero-order valence-electron chi connectivity index (χ0n) is 19.0. The van der Waals surface area contributed by atoms with E-state index in [2.05, 4.69) is 17.2 Å². The number of methoxy groups -OCH3 is 1. The lowest BCUT2D eigenvalue weighted by Gasteiger charge is -2.11. The van der Waals surface area contributed by atoms with Crippen molar-refractivity contribution in [2.75, 3.05) is 25.3 Å². The number of ether oxygens (including phenoxy) is 2. The van der Waals surface area contributed by atoms with Crippen LogP contribution in [0.1, 0.15) is 38.2 Å². The molecule has 3 aromatic rings. The maximum Gasteiger partial charge on any atom is 0.250 e. The lowest BCUT2D eigenvalue weighted by atomic mass is 10.2. The predicted octanol–water partition coefficient (Wildman–Crippen LogP) is 5.32. The normalized spacial score (nSPS) is 11.7. The molecule has 2 aromatic carbocycles. The molecule has 1 heterocycles. The number of nitrogens with one attached hydrogen (secondary N) is 1. The van der Waals surface area contributed by atoms with Crippen molar-refractivity contribution in [2.24, 2.45) is 0 Å². The second-order valence-electron chi connectivity index (χ2n) is 7.56. The maximum atomic E-state index is 12.4. The molecule has 3 rings (SSSR count). The Labute approximate surface area is 198 Å². The van der Waals surface area contributed by atoms with Gasteiger partial charge in [0.05, 0.1) is 28.8 Å². The summed E-state index contributed by atoms with van der Waals surface area (Å²) in [6, 6.07) is 10.2. The van der Waals surface area contributed by atoms with Gasteiger partial charge in [0.15, 0.2) is 26.5 Å². The highest BCUT2D eigenvalue weighted by molar-refractivity contribution is 7.90. The molecule has 0 aliphatic carbocycles. The summed E-state index contributed by atoms with van der Waals surface area (Å²) < 4.78 is 35.4. The summed E-state index contributed by atoms with van der Waals surface area (Å²) in [5.41, 5.74) is 1.42. The van der Waals surface area contributed by atoms with Gasteiger partial charge in [-0.15, -0.1) is 0 Å². The Morgan fingerprint density at radius 3 is 2.67 bits per heavy atom. The van der Waals surface area contributed by atoms with Crippen LogP contribution in [0.15, 0.2) is 47.4 Å². The molecule has 1 N–H and O–H groups in total. The Hall–Kier alpha value is -2.91. The van der Waals surface area contributed by atoms with Gasteiger partial charge in [0.25, 0.3) is 0 Å². The number of rotatable bonds is 11. The molecule has 0 unspecified atom stereocenters. The summed E-state index contributed by atoms with van der Waals surface area (Å²) in [7, 11) is -1.72. The predicted molar refractivity (Wildman–Crippen MR) is 133 cm³/mol. The van der Waals surface area contributed by atoms with Gasteiger partial charge in [-0.25, -0.2) is 13.4 Å². The Morgan fingerprint density at radius 1 is 1.12 bits per heavy atom. The second kappa shape index (κ2) is 11.3. The average Bonchev–Trinajstić information content (AvgIpc) is 3.18. The molecule has 0 aliphatic rings. The zero-order chi connectivity index (χ0) is 23.8. The standard InChI is InChI=1S/C24H28N2O5S2/c1-4-5-6-7-14-31-20-12-8-17(15-21(20)30-2)9-13-23(27)26-24-25-19-11-10-18(33(3,28)29)16-22(19)32-24/h8-13,15-16H,4-7,14H2,1-3H3,(H,25,26,27)/b13-9+. The van der Waals surface area contributed by atoms with Crippen LogP contribution in [0.3, 0.4) is 0 Å². The van der Waals surface area contributed by atoms with Gasteiger partial charge in [-0.1, -0.05) is 43.6 Å². The summed E-state index contributed by atoms with van der Waals surface area (Å²) in [6.07, 6.45) is 8.77. The number of benzene rings is 2. The van der Waals surface area contributed by atoms with E-state index in [0.717, 1.165) is 24.7 Å². The summed E-state index contributed by atoms with van der Waals surface area (Å²) >= 11 is 1.22. The SMILES string of the molecule is CCCCCCOc1ccc(/C=C/C(=O)Nc2nc3ccc(S(C)(=O)=O)cc3s2)cc1OC. The van der Waals surface area contributed by atoms with Crippen molar-refractivity contribution >= 4 is 48.5 Å². The van der Waals surface area contributed by atoms with Crippen molar-refractivity contribution in [2.45, 2.75) is 37.5 Å². The van der Waals surface area contributed by atoms with E-state index in [-0.39, 0.29) is 10.8 Å². The van der Waals surface area contributed by atoms with Gasteiger partial charge in [0.2, 0.25) is 5.91 Å². The molecule has 0 atom stereocenters. The number of anilines is 1. The number of amides is 1. The number of unbranched alkanes of at least 4 members (excludes halogenated alkanes) is 3. The average molecular weight is 489 g/mol. The van der Waals surface area contributed by atoms with E-state index < -0.39 is 9.84 Å². The smallest absolute Gasteiger partial charge is 0.250 e. The molecule has 7 nitrogen and oxygen atoms in total. The number of thiazole rings is 1. The minimum atomic E-state index is -3.30. The molecule has 9 heteroatoms. The Kier molecular flexibility index (Phi) is 8.46. The van der Waals surface area contributed by atoms with Gasteiger partial charge in [0.1, 0.15) is 0 Å². The fourth-order valence-corrected chi connectivity index (χ4v) is 4.76. The highest BCUT2D eigenvalue weighted by atomic mass is 32.2. The molecular formula is C24H28N2O5S2. The van der Waals surface area contributed by atoms with Crippen LogP contribution in [0.25, 0.3) is 16.3 Å². The number of carbonyl (C=O) groups excluding carboxylic acids is 1. The summed E-state index contributed by atoms with van der Waals surface area (Å²) in [6.45, 7) is 2.81. The minimum Gasteiger partial charge on any atom is -0.493 e. The zero-order valence-corrected chi connectivity index (χ0v) is 20.6. The lowest BCUT2D eigenvalue weighted by Crippen LogP contribution is -2.07. The third-order valence-electron chi connectivity index (χ3n) is 4.89. The van der Waals surface area contributed by atoms with E-state index in [1.54, 1.807) is 25.3 Å². The molecule has 0 saturated carbocycles. The molecule has 176 valence electrons. The highest BCUT2D eigenvalue weighted by Crippen LogP contribution is 2.30. The Morgan fingerprint density at radius 2 is 1.94 bits per heavy atom. The number of aromatic nitrogens is 1. The maximum absolute atomic E-state index is 12.4. The molecule has 0 radical (unpaired) electrons. The van der Waals surface area contributed by atoms with Crippen LogP contribution in [0.2, 0.25) is 0 Å². The Balaban J connectivity index is 1.63. The molecule has 1 aromatic heterocycles. The first-order valence-electron chi connectivity index (χ1n) is 10.7. The molecular weight excluding hydrogens is 460 g/mol. The van der Waals surface area contributed by atoms with E-state index in [1.165, 1.54) is 36.3 Å². The largest absolute Gasteiger partial charge is 0.493 e. The monoisotopic (exact) mass is 488 g/mol. The quantitative estimate of drug-likeness (QED) is 0.290. The van der Waals surface area contributed by atoms with Gasteiger partial charge in [0, 0.05) is 12.3 Å². The van der Waals surface area contributed by atoms with Crippen LogP contribution in [-0.4, -0.2) is 39.3 Å². The van der Waals surface area contributed by atoms with Gasteiger partial charge in [-0.3, -0.25) is 10.1 Å². The van der Waals surface area contributed by atoms with Gasteiger partial charge < -0.3 is 9.47 Å². The molecule has 0 fully saturated rings. The molecule has 0 aliphatic heterocycles. The molecule has 0 saturated heterocycles. The van der Waals surface area contributed by atoms with Crippen molar-refractivity contribution in [3.05, 3.63) is 48.0 Å². The van der Waals surface area contributed by atoms with E-state index in [1.807, 2.05) is 18.2 Å². The second-order valence-corrected chi connectivity index (χ2v) is 10.6. The van der Waals surface area contributed by atoms with E-state index in [9.17, 15) is 13.2 Å². The number of hydrogen-bond acceptors (Lipinski definition) is 7.